The number of hydrogen-bond acceptors (Lipinski definition) is 4. The van der Waals surface area contributed by atoms with Crippen LogP contribution in [0, 0.1) is 5.82 Å². The highest BCUT2D eigenvalue weighted by Crippen LogP contribution is 2.20. The standard InChI is InChI=1S/C13H6ClFN2O2/c14-8-3-7(5-16-6-8)12-17-11-2-1-9(15)4-10(11)13(18)19-12/h1-6H. The van der Waals surface area contributed by atoms with Crippen LogP contribution >= 0.6 is 11.6 Å². The molecule has 6 heteroatoms. The summed E-state index contributed by atoms with van der Waals surface area (Å²) in [5.41, 5.74) is 0.183. The highest BCUT2D eigenvalue weighted by atomic mass is 35.5. The van der Waals surface area contributed by atoms with Gasteiger partial charge in [0.2, 0.25) is 5.89 Å². The number of benzene rings is 1. The van der Waals surface area contributed by atoms with E-state index in [9.17, 15) is 9.18 Å². The second kappa shape index (κ2) is 4.44. The van der Waals surface area contributed by atoms with Crippen LogP contribution in [0.3, 0.4) is 0 Å². The molecule has 0 atom stereocenters. The third-order valence-corrected chi connectivity index (χ3v) is 2.75. The van der Waals surface area contributed by atoms with Crippen LogP contribution in [0.4, 0.5) is 4.39 Å². The molecule has 0 radical (unpaired) electrons. The summed E-state index contributed by atoms with van der Waals surface area (Å²) in [5.74, 6) is -0.419. The minimum absolute atomic E-state index is 0.0961. The normalized spacial score (nSPS) is 10.8. The van der Waals surface area contributed by atoms with Crippen LogP contribution in [-0.2, 0) is 0 Å². The molecule has 2 heterocycles. The summed E-state index contributed by atoms with van der Waals surface area (Å²) in [7, 11) is 0. The average molecular weight is 277 g/mol. The quantitative estimate of drug-likeness (QED) is 0.685. The zero-order valence-electron chi connectivity index (χ0n) is 9.43. The summed E-state index contributed by atoms with van der Waals surface area (Å²) < 4.78 is 18.1. The van der Waals surface area contributed by atoms with Gasteiger partial charge in [0.1, 0.15) is 5.82 Å². The van der Waals surface area contributed by atoms with Crippen molar-refractivity contribution >= 4 is 22.5 Å². The molecule has 0 saturated carbocycles. The van der Waals surface area contributed by atoms with Gasteiger partial charge in [0.05, 0.1) is 21.5 Å². The fraction of sp³-hybridized carbons (Fsp3) is 0. The van der Waals surface area contributed by atoms with Gasteiger partial charge in [-0.15, -0.1) is 0 Å². The Labute approximate surface area is 111 Å². The van der Waals surface area contributed by atoms with Crippen LogP contribution in [0.2, 0.25) is 5.02 Å². The second-order valence-electron chi connectivity index (χ2n) is 3.86. The van der Waals surface area contributed by atoms with Crippen LogP contribution < -0.4 is 5.63 Å². The molecule has 19 heavy (non-hydrogen) atoms. The van der Waals surface area contributed by atoms with Gasteiger partial charge in [-0.05, 0) is 24.3 Å². The Hall–Kier alpha value is -2.27. The largest absolute Gasteiger partial charge is 0.403 e. The smallest absolute Gasteiger partial charge is 0.347 e. The number of hydrogen-bond donors (Lipinski definition) is 0. The Kier molecular flexibility index (Phi) is 2.76. The number of halogens is 2. The third-order valence-electron chi connectivity index (χ3n) is 2.54. The van der Waals surface area contributed by atoms with E-state index in [1.54, 1.807) is 6.07 Å². The molecule has 0 aliphatic rings. The Morgan fingerprint density at radius 1 is 1.21 bits per heavy atom. The van der Waals surface area contributed by atoms with Crippen molar-refractivity contribution in [3.05, 3.63) is 57.9 Å². The van der Waals surface area contributed by atoms with Crippen molar-refractivity contribution in [1.29, 1.82) is 0 Å². The highest BCUT2D eigenvalue weighted by Gasteiger charge is 2.10. The van der Waals surface area contributed by atoms with Gasteiger partial charge in [-0.25, -0.2) is 14.2 Å². The molecule has 3 rings (SSSR count). The van der Waals surface area contributed by atoms with Gasteiger partial charge in [0.25, 0.3) is 0 Å². The van der Waals surface area contributed by atoms with Crippen molar-refractivity contribution in [1.82, 2.24) is 9.97 Å². The molecule has 0 N–H and O–H groups in total. The molecule has 0 fully saturated rings. The Balaban J connectivity index is 2.27. The number of nitrogens with zero attached hydrogens (tertiary/aromatic N) is 2. The van der Waals surface area contributed by atoms with Crippen molar-refractivity contribution in [2.75, 3.05) is 0 Å². The van der Waals surface area contributed by atoms with E-state index in [0.29, 0.717) is 16.1 Å². The summed E-state index contributed by atoms with van der Waals surface area (Å²) in [6.07, 6.45) is 2.94. The van der Waals surface area contributed by atoms with Crippen LogP contribution in [0.5, 0.6) is 0 Å². The van der Waals surface area contributed by atoms with E-state index in [-0.39, 0.29) is 11.3 Å². The molecule has 0 saturated heterocycles. The fourth-order valence-electron chi connectivity index (χ4n) is 1.70. The monoisotopic (exact) mass is 276 g/mol. The first-order valence-corrected chi connectivity index (χ1v) is 5.72. The zero-order valence-corrected chi connectivity index (χ0v) is 10.2. The molecule has 0 unspecified atom stereocenters. The maximum atomic E-state index is 13.1. The molecule has 3 aromatic rings. The summed E-state index contributed by atoms with van der Waals surface area (Å²) in [4.78, 5) is 19.8. The average Bonchev–Trinajstić information content (AvgIpc) is 2.39. The Morgan fingerprint density at radius 2 is 2.05 bits per heavy atom. The molecule has 0 aliphatic heterocycles. The number of pyridine rings is 1. The predicted molar refractivity (Wildman–Crippen MR) is 68.5 cm³/mol. The molecule has 0 amide bonds. The van der Waals surface area contributed by atoms with E-state index >= 15 is 0 Å². The molecule has 0 aliphatic carbocycles. The topological polar surface area (TPSA) is 56.0 Å². The van der Waals surface area contributed by atoms with E-state index in [0.717, 1.165) is 6.07 Å². The maximum absolute atomic E-state index is 13.1. The minimum Gasteiger partial charge on any atom is -0.403 e. The van der Waals surface area contributed by atoms with Crippen LogP contribution in [0.15, 0.2) is 45.9 Å². The molecule has 4 nitrogen and oxygen atoms in total. The van der Waals surface area contributed by atoms with Gasteiger partial charge >= 0.3 is 5.63 Å². The third kappa shape index (κ3) is 2.20. The van der Waals surface area contributed by atoms with Crippen molar-refractivity contribution in [2.45, 2.75) is 0 Å². The Bertz CT molecular complexity index is 832. The van der Waals surface area contributed by atoms with Crippen molar-refractivity contribution in [3.8, 4) is 11.5 Å². The highest BCUT2D eigenvalue weighted by molar-refractivity contribution is 6.30. The SMILES string of the molecule is O=c1oc(-c2cncc(Cl)c2)nc2ccc(F)cc12. The lowest BCUT2D eigenvalue weighted by molar-refractivity contribution is 0.517. The Morgan fingerprint density at radius 3 is 2.84 bits per heavy atom. The first kappa shape index (κ1) is 11.8. The van der Waals surface area contributed by atoms with E-state index in [2.05, 4.69) is 9.97 Å². The van der Waals surface area contributed by atoms with Gasteiger partial charge in [-0.1, -0.05) is 11.6 Å². The lowest BCUT2D eigenvalue weighted by Gasteiger charge is -2.01. The van der Waals surface area contributed by atoms with Gasteiger partial charge < -0.3 is 4.42 Å². The molecular formula is C13H6ClFN2O2. The summed E-state index contributed by atoms with van der Waals surface area (Å²) in [6.45, 7) is 0. The van der Waals surface area contributed by atoms with E-state index in [1.807, 2.05) is 0 Å². The number of aromatic nitrogens is 2. The lowest BCUT2D eigenvalue weighted by Crippen LogP contribution is -2.03. The van der Waals surface area contributed by atoms with Crippen LogP contribution in [-0.4, -0.2) is 9.97 Å². The summed E-state index contributed by atoms with van der Waals surface area (Å²) in [6, 6.07) is 5.32. The molecule has 2 aromatic heterocycles. The summed E-state index contributed by atoms with van der Waals surface area (Å²) in [5, 5.41) is 0.500. The molecular weight excluding hydrogens is 271 g/mol. The zero-order chi connectivity index (χ0) is 13.4. The van der Waals surface area contributed by atoms with E-state index in [1.165, 1.54) is 24.5 Å². The van der Waals surface area contributed by atoms with E-state index < -0.39 is 11.4 Å². The molecule has 94 valence electrons. The lowest BCUT2D eigenvalue weighted by atomic mass is 10.2. The number of fused-ring (bicyclic) bond motifs is 1. The van der Waals surface area contributed by atoms with Crippen molar-refractivity contribution in [2.24, 2.45) is 0 Å². The second-order valence-corrected chi connectivity index (χ2v) is 4.30. The minimum atomic E-state index is -0.653. The fourth-order valence-corrected chi connectivity index (χ4v) is 1.87. The van der Waals surface area contributed by atoms with Gasteiger partial charge in [0.15, 0.2) is 0 Å². The number of rotatable bonds is 1. The first-order valence-electron chi connectivity index (χ1n) is 5.35. The van der Waals surface area contributed by atoms with E-state index in [4.69, 9.17) is 16.0 Å². The molecule has 0 spiro atoms. The van der Waals surface area contributed by atoms with Gasteiger partial charge in [-0.2, -0.15) is 0 Å². The summed E-state index contributed by atoms with van der Waals surface area (Å²) >= 11 is 5.81. The molecule has 0 bridgehead atoms. The van der Waals surface area contributed by atoms with Gasteiger partial charge in [0, 0.05) is 12.4 Å². The van der Waals surface area contributed by atoms with Gasteiger partial charge in [-0.3, -0.25) is 4.98 Å². The molecule has 1 aromatic carbocycles. The predicted octanol–water partition coefficient (Wildman–Crippen LogP) is 3.04. The van der Waals surface area contributed by atoms with Crippen molar-refractivity contribution in [3.63, 3.8) is 0 Å². The maximum Gasteiger partial charge on any atom is 0.347 e. The van der Waals surface area contributed by atoms with Crippen LogP contribution in [0.1, 0.15) is 0 Å². The van der Waals surface area contributed by atoms with Crippen molar-refractivity contribution < 1.29 is 8.81 Å². The van der Waals surface area contributed by atoms with Crippen LogP contribution in [0.25, 0.3) is 22.4 Å². The first-order chi connectivity index (χ1) is 9.13.